The summed E-state index contributed by atoms with van der Waals surface area (Å²) >= 11 is 3.62. The molecule has 2 unspecified atom stereocenters. The predicted octanol–water partition coefficient (Wildman–Crippen LogP) is 2.34. The number of nitrogens with two attached hydrogens (primary N) is 3. The van der Waals surface area contributed by atoms with Gasteiger partial charge >= 0.3 is 0 Å². The van der Waals surface area contributed by atoms with Crippen LogP contribution in [0.4, 0.5) is 0 Å². The molecule has 0 aliphatic heterocycles. The number of nitrogens with zero attached hydrogens (tertiary/aromatic N) is 1. The molecule has 11 N–H and O–H groups in total. The second-order valence-corrected chi connectivity index (χ2v) is 16.1. The summed E-state index contributed by atoms with van der Waals surface area (Å²) in [6, 6.07) is 24.6. The molecule has 15 nitrogen and oxygen atoms in total. The maximum atomic E-state index is 14.6. The Bertz CT molecular complexity index is 2250. The first-order valence-electron chi connectivity index (χ1n) is 20.4. The summed E-state index contributed by atoms with van der Waals surface area (Å²) in [5, 5.41) is 16.0. The zero-order valence-corrected chi connectivity index (χ0v) is 35.8. The fourth-order valence-electron chi connectivity index (χ4n) is 7.50. The Balaban J connectivity index is 1.43. The van der Waals surface area contributed by atoms with E-state index >= 15 is 0 Å². The van der Waals surface area contributed by atoms with Crippen molar-refractivity contribution in [2.75, 3.05) is 13.1 Å². The molecule has 4 aromatic rings. The van der Waals surface area contributed by atoms with Crippen molar-refractivity contribution in [3.05, 3.63) is 118 Å². The number of halogens is 1. The Morgan fingerprint density at radius 2 is 1.43 bits per heavy atom. The molecule has 0 saturated carbocycles. The summed E-state index contributed by atoms with van der Waals surface area (Å²) in [4.78, 5) is 85.7. The van der Waals surface area contributed by atoms with Gasteiger partial charge in [0.25, 0.3) is 0 Å². The Labute approximate surface area is 363 Å². The van der Waals surface area contributed by atoms with E-state index < -0.39 is 59.7 Å². The monoisotopic (exact) mass is 895 g/mol. The van der Waals surface area contributed by atoms with Crippen molar-refractivity contribution >= 4 is 68.1 Å². The van der Waals surface area contributed by atoms with Gasteiger partial charge in [-0.15, -0.1) is 0 Å². The second-order valence-electron chi connectivity index (χ2n) is 15.3. The maximum Gasteiger partial charge on any atom is 0.246 e. The van der Waals surface area contributed by atoms with E-state index in [0.717, 1.165) is 37.5 Å². The lowest BCUT2D eigenvalue weighted by Crippen LogP contribution is -2.65. The van der Waals surface area contributed by atoms with Crippen LogP contribution < -0.4 is 43.8 Å². The van der Waals surface area contributed by atoms with Gasteiger partial charge in [-0.3, -0.25) is 33.8 Å². The fourth-order valence-corrected chi connectivity index (χ4v) is 8.10. The van der Waals surface area contributed by atoms with Gasteiger partial charge in [-0.1, -0.05) is 108 Å². The zero-order valence-electron chi connectivity index (χ0n) is 34.2. The van der Waals surface area contributed by atoms with Gasteiger partial charge < -0.3 is 43.8 Å². The van der Waals surface area contributed by atoms with Crippen LogP contribution in [0.5, 0.6) is 0 Å². The third-order valence-corrected chi connectivity index (χ3v) is 11.3. The van der Waals surface area contributed by atoms with Gasteiger partial charge in [-0.05, 0) is 71.2 Å². The first kappa shape index (κ1) is 45.8. The highest BCUT2D eigenvalue weighted by Crippen LogP contribution is 2.34. The molecule has 1 aliphatic rings. The van der Waals surface area contributed by atoms with E-state index in [4.69, 9.17) is 17.2 Å². The third kappa shape index (κ3) is 13.1. The van der Waals surface area contributed by atoms with E-state index in [2.05, 4.69) is 47.5 Å². The first-order chi connectivity index (χ1) is 29.3. The van der Waals surface area contributed by atoms with Crippen LogP contribution in [0.3, 0.4) is 0 Å². The molecule has 16 heteroatoms. The molecule has 0 fully saturated rings. The van der Waals surface area contributed by atoms with Crippen molar-refractivity contribution in [2.24, 2.45) is 22.2 Å². The Hall–Kier alpha value is -6.29. The van der Waals surface area contributed by atoms with Crippen LogP contribution in [-0.4, -0.2) is 78.2 Å². The van der Waals surface area contributed by atoms with E-state index in [1.165, 1.54) is 0 Å². The number of rotatable bonds is 20. The van der Waals surface area contributed by atoms with Crippen molar-refractivity contribution in [1.82, 2.24) is 26.6 Å². The second kappa shape index (κ2) is 21.8. The summed E-state index contributed by atoms with van der Waals surface area (Å²) in [6.07, 6.45) is 2.20. The number of amides is 6. The molecular weight excluding hydrogens is 842 g/mol. The fraction of sp³-hybridized carbons (Fsp3) is 0.356. The van der Waals surface area contributed by atoms with Crippen LogP contribution in [0.2, 0.25) is 0 Å². The summed E-state index contributed by atoms with van der Waals surface area (Å²) in [6.45, 7) is 1.57. The van der Waals surface area contributed by atoms with Gasteiger partial charge in [0, 0.05) is 36.7 Å². The number of aliphatic imine (C=N–C) groups is 1. The normalized spacial score (nSPS) is 15.8. The summed E-state index contributed by atoms with van der Waals surface area (Å²) in [7, 11) is 0. The molecule has 5 rings (SSSR count). The van der Waals surface area contributed by atoms with Crippen LogP contribution in [0, 0.1) is 0 Å². The number of hydrogen-bond acceptors (Lipinski definition) is 7. The number of primary amides is 1. The lowest BCUT2D eigenvalue weighted by Gasteiger charge is -2.39. The van der Waals surface area contributed by atoms with E-state index in [1.54, 1.807) is 0 Å². The van der Waals surface area contributed by atoms with Crippen LogP contribution in [0.15, 0.2) is 100 Å². The van der Waals surface area contributed by atoms with Gasteiger partial charge in [-0.25, -0.2) is 0 Å². The lowest BCUT2D eigenvalue weighted by atomic mass is 9.77. The molecule has 322 valence electrons. The van der Waals surface area contributed by atoms with Gasteiger partial charge in [0.05, 0.1) is 6.54 Å². The number of carbonyl (C=O) groups is 6. The minimum atomic E-state index is -1.36. The van der Waals surface area contributed by atoms with E-state index in [-0.39, 0.29) is 63.4 Å². The molecule has 6 amide bonds. The highest BCUT2D eigenvalue weighted by molar-refractivity contribution is 9.10. The van der Waals surface area contributed by atoms with Gasteiger partial charge in [0.2, 0.25) is 35.4 Å². The molecule has 0 radical (unpaired) electrons. The summed E-state index contributed by atoms with van der Waals surface area (Å²) < 4.78 is 0.911. The highest BCUT2D eigenvalue weighted by atomic mass is 79.9. The number of benzene rings is 4. The van der Waals surface area contributed by atoms with Crippen molar-refractivity contribution in [2.45, 2.75) is 88.4 Å². The average Bonchev–Trinajstić information content (AvgIpc) is 3.23. The van der Waals surface area contributed by atoms with Gasteiger partial charge in [0.1, 0.15) is 23.7 Å². The Morgan fingerprint density at radius 1 is 0.754 bits per heavy atom. The standard InChI is InChI=1S/C45H54BrN9O6/c1-2-10-39(57)55-45(21-20-33-32(26-45)15-8-16-34(33)46)43(61)54-37(24-28-11-4-3-5-12-28)42(60)52-35(17-9-22-50-44(48)49)41(59)53-36(40(58)51-27-38(47)56)25-29-18-19-30-13-6-7-14-31(30)23-29/h3-8,11-16,18-19,23,35-37H,2,9-10,17,20-22,24-27H2,1H3,(H2,47,56)(H,51,58)(H,52,60)(H,53,59)(H,54,61)(H,55,57)(H4,48,49,50)/t35-,36?,37+,45?/m0/s1. The van der Waals surface area contributed by atoms with E-state index in [1.807, 2.05) is 97.9 Å². The highest BCUT2D eigenvalue weighted by Gasteiger charge is 2.44. The third-order valence-electron chi connectivity index (χ3n) is 10.6. The van der Waals surface area contributed by atoms with Gasteiger partial charge in [-0.2, -0.15) is 0 Å². The van der Waals surface area contributed by atoms with Gasteiger partial charge in [0.15, 0.2) is 5.96 Å². The SMILES string of the molecule is CCCC(=O)NC1(C(=O)N[C@H](Cc2ccccc2)C(=O)N[C@@H](CCCN=C(N)N)C(=O)NC(Cc2ccc3ccccc3c2)C(=O)NCC(N)=O)CCc2c(Br)cccc2C1. The van der Waals surface area contributed by atoms with Crippen molar-refractivity contribution in [1.29, 1.82) is 0 Å². The van der Waals surface area contributed by atoms with Crippen LogP contribution in [0.1, 0.15) is 61.3 Å². The molecule has 61 heavy (non-hydrogen) atoms. The summed E-state index contributed by atoms with van der Waals surface area (Å²) in [5.74, 6) is -3.74. The number of nitrogens with one attached hydrogen (secondary N) is 5. The van der Waals surface area contributed by atoms with E-state index in [0.29, 0.717) is 12.8 Å². The molecule has 0 bridgehead atoms. The lowest BCUT2D eigenvalue weighted by molar-refractivity contribution is -0.137. The van der Waals surface area contributed by atoms with E-state index in [9.17, 15) is 28.8 Å². The molecule has 1 aliphatic carbocycles. The number of fused-ring (bicyclic) bond motifs is 2. The topological polar surface area (TPSA) is 253 Å². The molecule has 0 spiro atoms. The maximum absolute atomic E-state index is 14.6. The van der Waals surface area contributed by atoms with Crippen LogP contribution in [0.25, 0.3) is 10.8 Å². The number of hydrogen-bond donors (Lipinski definition) is 8. The first-order valence-corrected chi connectivity index (χ1v) is 21.2. The largest absolute Gasteiger partial charge is 0.370 e. The predicted molar refractivity (Wildman–Crippen MR) is 238 cm³/mol. The quantitative estimate of drug-likeness (QED) is 0.0371. The molecule has 0 heterocycles. The molecule has 0 aromatic heterocycles. The van der Waals surface area contributed by atoms with Crippen molar-refractivity contribution in [3.8, 4) is 0 Å². The number of guanidine groups is 1. The van der Waals surface area contributed by atoms with Crippen molar-refractivity contribution in [3.63, 3.8) is 0 Å². The number of carbonyl (C=O) groups excluding carboxylic acids is 6. The Kier molecular flexibility index (Phi) is 16.4. The molecule has 4 aromatic carbocycles. The van der Waals surface area contributed by atoms with Crippen LogP contribution in [-0.2, 0) is 54.5 Å². The van der Waals surface area contributed by atoms with Crippen molar-refractivity contribution < 1.29 is 28.8 Å². The zero-order chi connectivity index (χ0) is 43.9. The Morgan fingerprint density at radius 3 is 2.15 bits per heavy atom. The molecular formula is C45H54BrN9O6. The minimum absolute atomic E-state index is 0.0497. The molecule has 0 saturated heterocycles. The summed E-state index contributed by atoms with van der Waals surface area (Å²) in [5.41, 5.74) is 18.5. The smallest absolute Gasteiger partial charge is 0.246 e. The van der Waals surface area contributed by atoms with Crippen LogP contribution >= 0.6 is 15.9 Å². The average molecular weight is 897 g/mol. The minimum Gasteiger partial charge on any atom is -0.370 e. The molecule has 4 atom stereocenters.